The molecule has 1 rings (SSSR count). The van der Waals surface area contributed by atoms with Gasteiger partial charge in [0.2, 0.25) is 0 Å². The zero-order valence-electron chi connectivity index (χ0n) is 11.2. The van der Waals surface area contributed by atoms with E-state index in [1.807, 2.05) is 0 Å². The van der Waals surface area contributed by atoms with E-state index in [1.165, 1.54) is 11.5 Å². The molecule has 0 spiro atoms. The summed E-state index contributed by atoms with van der Waals surface area (Å²) in [6.07, 6.45) is 2.29. The molecule has 1 fully saturated rings. The van der Waals surface area contributed by atoms with Gasteiger partial charge in [0.25, 0.3) is 0 Å². The molecule has 3 heteroatoms. The second kappa shape index (κ2) is 6.87. The summed E-state index contributed by atoms with van der Waals surface area (Å²) in [6.45, 7) is 11.0. The first kappa shape index (κ1) is 14.3. The van der Waals surface area contributed by atoms with Gasteiger partial charge in [-0.15, -0.1) is 0 Å². The monoisotopic (exact) mass is 245 g/mol. The summed E-state index contributed by atoms with van der Waals surface area (Å²) >= 11 is 2.06. The van der Waals surface area contributed by atoms with E-state index in [4.69, 9.17) is 4.74 Å². The molecule has 0 aromatic heterocycles. The lowest BCUT2D eigenvalue weighted by Gasteiger charge is -2.37. The summed E-state index contributed by atoms with van der Waals surface area (Å²) in [4.78, 5) is 0. The fourth-order valence-corrected chi connectivity index (χ4v) is 3.13. The van der Waals surface area contributed by atoms with Crippen molar-refractivity contribution in [3.8, 4) is 0 Å². The van der Waals surface area contributed by atoms with E-state index in [2.05, 4.69) is 44.8 Å². The highest BCUT2D eigenvalue weighted by atomic mass is 32.2. The van der Waals surface area contributed by atoms with Gasteiger partial charge in [-0.25, -0.2) is 0 Å². The predicted octanol–water partition coefficient (Wildman–Crippen LogP) is 2.92. The van der Waals surface area contributed by atoms with Crippen molar-refractivity contribution in [1.29, 1.82) is 0 Å². The minimum Gasteiger partial charge on any atom is -0.381 e. The van der Waals surface area contributed by atoms with Gasteiger partial charge < -0.3 is 10.1 Å². The Kier molecular flexibility index (Phi) is 6.16. The smallest absolute Gasteiger partial charge is 0.0483 e. The zero-order valence-corrected chi connectivity index (χ0v) is 12.0. The van der Waals surface area contributed by atoms with Gasteiger partial charge in [-0.1, -0.05) is 13.8 Å². The Morgan fingerprint density at radius 2 is 1.81 bits per heavy atom. The maximum atomic E-state index is 5.41. The van der Waals surface area contributed by atoms with Crippen molar-refractivity contribution in [2.45, 2.75) is 52.1 Å². The van der Waals surface area contributed by atoms with Gasteiger partial charge in [-0.2, -0.15) is 11.8 Å². The van der Waals surface area contributed by atoms with Crippen molar-refractivity contribution in [2.75, 3.05) is 24.7 Å². The Morgan fingerprint density at radius 1 is 1.19 bits per heavy atom. The zero-order chi connectivity index (χ0) is 12.0. The van der Waals surface area contributed by atoms with Crippen LogP contribution in [-0.2, 0) is 4.74 Å². The van der Waals surface area contributed by atoms with Crippen molar-refractivity contribution in [1.82, 2.24) is 5.32 Å². The third-order valence-electron chi connectivity index (χ3n) is 3.01. The van der Waals surface area contributed by atoms with Gasteiger partial charge in [0.15, 0.2) is 0 Å². The molecule has 0 bridgehead atoms. The lowest BCUT2D eigenvalue weighted by atomic mass is 9.92. The molecule has 1 atom stereocenters. The average molecular weight is 245 g/mol. The van der Waals surface area contributed by atoms with E-state index >= 15 is 0 Å². The summed E-state index contributed by atoms with van der Waals surface area (Å²) in [6, 6.07) is 0.604. The highest BCUT2D eigenvalue weighted by Gasteiger charge is 2.28. The summed E-state index contributed by atoms with van der Waals surface area (Å²) in [5.74, 6) is 3.29. The van der Waals surface area contributed by atoms with Crippen LogP contribution in [0.3, 0.4) is 0 Å². The summed E-state index contributed by atoms with van der Waals surface area (Å²) in [5, 5.41) is 3.77. The van der Waals surface area contributed by atoms with E-state index in [9.17, 15) is 0 Å². The van der Waals surface area contributed by atoms with Crippen molar-refractivity contribution in [2.24, 2.45) is 5.92 Å². The lowest BCUT2D eigenvalue weighted by Crippen LogP contribution is -2.51. The molecule has 1 saturated heterocycles. The first-order valence-corrected chi connectivity index (χ1v) is 7.60. The third-order valence-corrected chi connectivity index (χ3v) is 4.65. The van der Waals surface area contributed by atoms with E-state index in [-0.39, 0.29) is 0 Å². The fraction of sp³-hybridized carbons (Fsp3) is 1.00. The highest BCUT2D eigenvalue weighted by molar-refractivity contribution is 7.99. The van der Waals surface area contributed by atoms with Crippen LogP contribution in [0.15, 0.2) is 0 Å². The molecule has 0 aromatic rings. The SMILES string of the molecule is CC(C)CSCC(C)NC1(C)CCOCC1. The molecular weight excluding hydrogens is 218 g/mol. The van der Waals surface area contributed by atoms with Crippen LogP contribution in [0.4, 0.5) is 0 Å². The molecular formula is C13H27NOS. The number of rotatable bonds is 6. The van der Waals surface area contributed by atoms with Crippen LogP contribution in [0.2, 0.25) is 0 Å². The maximum Gasteiger partial charge on any atom is 0.0483 e. The minimum absolute atomic E-state index is 0.302. The van der Waals surface area contributed by atoms with Crippen LogP contribution in [0, 0.1) is 5.92 Å². The Labute approximate surface area is 105 Å². The van der Waals surface area contributed by atoms with Crippen LogP contribution in [0.5, 0.6) is 0 Å². The molecule has 1 aliphatic rings. The molecule has 16 heavy (non-hydrogen) atoms. The standard InChI is InChI=1S/C13H27NOS/c1-11(2)9-16-10-12(3)14-13(4)5-7-15-8-6-13/h11-12,14H,5-10H2,1-4H3. The first-order chi connectivity index (χ1) is 7.52. The van der Waals surface area contributed by atoms with Crippen molar-refractivity contribution < 1.29 is 4.74 Å². The number of thioether (sulfide) groups is 1. The highest BCUT2D eigenvalue weighted by Crippen LogP contribution is 2.21. The molecule has 1 N–H and O–H groups in total. The van der Waals surface area contributed by atoms with Gasteiger partial charge in [-0.3, -0.25) is 0 Å². The van der Waals surface area contributed by atoms with Crippen molar-refractivity contribution in [3.63, 3.8) is 0 Å². The fourth-order valence-electron chi connectivity index (χ4n) is 2.08. The molecule has 1 heterocycles. The molecule has 0 amide bonds. The Hall–Kier alpha value is 0.270. The number of hydrogen-bond acceptors (Lipinski definition) is 3. The van der Waals surface area contributed by atoms with Crippen molar-refractivity contribution >= 4 is 11.8 Å². The third kappa shape index (κ3) is 5.55. The Balaban J connectivity index is 2.19. The van der Waals surface area contributed by atoms with E-state index in [0.29, 0.717) is 11.6 Å². The molecule has 0 saturated carbocycles. The number of hydrogen-bond donors (Lipinski definition) is 1. The van der Waals surface area contributed by atoms with Crippen LogP contribution >= 0.6 is 11.8 Å². The van der Waals surface area contributed by atoms with E-state index < -0.39 is 0 Å². The lowest BCUT2D eigenvalue weighted by molar-refractivity contribution is 0.0424. The quantitative estimate of drug-likeness (QED) is 0.777. The van der Waals surface area contributed by atoms with Crippen LogP contribution in [-0.4, -0.2) is 36.3 Å². The molecule has 1 aliphatic heterocycles. The second-order valence-corrected chi connectivity index (χ2v) is 6.72. The molecule has 0 aliphatic carbocycles. The number of nitrogens with one attached hydrogen (secondary N) is 1. The molecule has 0 radical (unpaired) electrons. The van der Waals surface area contributed by atoms with Gasteiger partial charge in [0.1, 0.15) is 0 Å². The van der Waals surface area contributed by atoms with Crippen molar-refractivity contribution in [3.05, 3.63) is 0 Å². The maximum absolute atomic E-state index is 5.41. The van der Waals surface area contributed by atoms with Crippen LogP contribution in [0.1, 0.15) is 40.5 Å². The summed E-state index contributed by atoms with van der Waals surface area (Å²) in [7, 11) is 0. The van der Waals surface area contributed by atoms with E-state index in [0.717, 1.165) is 32.0 Å². The van der Waals surface area contributed by atoms with E-state index in [1.54, 1.807) is 0 Å². The molecule has 2 nitrogen and oxygen atoms in total. The first-order valence-electron chi connectivity index (χ1n) is 6.45. The Morgan fingerprint density at radius 3 is 2.38 bits per heavy atom. The second-order valence-electron chi connectivity index (χ2n) is 5.65. The average Bonchev–Trinajstić information content (AvgIpc) is 2.17. The number of ether oxygens (including phenoxy) is 1. The molecule has 0 aromatic carbocycles. The summed E-state index contributed by atoms with van der Waals surface area (Å²) < 4.78 is 5.41. The van der Waals surface area contributed by atoms with Gasteiger partial charge in [-0.05, 0) is 38.4 Å². The summed E-state index contributed by atoms with van der Waals surface area (Å²) in [5.41, 5.74) is 0.302. The van der Waals surface area contributed by atoms with Crippen LogP contribution in [0.25, 0.3) is 0 Å². The van der Waals surface area contributed by atoms with Gasteiger partial charge in [0.05, 0.1) is 0 Å². The topological polar surface area (TPSA) is 21.3 Å². The van der Waals surface area contributed by atoms with Crippen LogP contribution < -0.4 is 5.32 Å². The predicted molar refractivity (Wildman–Crippen MR) is 73.2 cm³/mol. The molecule has 1 unspecified atom stereocenters. The minimum atomic E-state index is 0.302. The van der Waals surface area contributed by atoms with Gasteiger partial charge >= 0.3 is 0 Å². The van der Waals surface area contributed by atoms with Gasteiger partial charge in [0, 0.05) is 30.5 Å². The Bertz CT molecular complexity index is 190. The molecule has 96 valence electrons. The largest absolute Gasteiger partial charge is 0.381 e. The normalized spacial score (nSPS) is 22.3.